The number of hydrogen-bond donors (Lipinski definition) is 1. The standard InChI is InChI=1S/C10H9N3O/c11-7-6-10(14)13-12-8-9-4-2-1-3-5-9/h1-5,8H,6H2,(H,13,14). The van der Waals surface area contributed by atoms with E-state index < -0.39 is 5.91 Å². The molecule has 14 heavy (non-hydrogen) atoms. The largest absolute Gasteiger partial charge is 0.272 e. The molecule has 1 rings (SSSR count). The highest BCUT2D eigenvalue weighted by Crippen LogP contribution is 1.93. The normalized spacial score (nSPS) is 9.64. The maximum atomic E-state index is 10.8. The van der Waals surface area contributed by atoms with E-state index in [-0.39, 0.29) is 6.42 Å². The van der Waals surface area contributed by atoms with Gasteiger partial charge < -0.3 is 0 Å². The van der Waals surface area contributed by atoms with E-state index >= 15 is 0 Å². The van der Waals surface area contributed by atoms with Gasteiger partial charge in [0.25, 0.3) is 5.91 Å². The van der Waals surface area contributed by atoms with Crippen molar-refractivity contribution >= 4 is 12.1 Å². The van der Waals surface area contributed by atoms with Crippen LogP contribution in [0.25, 0.3) is 0 Å². The molecule has 0 saturated carbocycles. The van der Waals surface area contributed by atoms with Crippen LogP contribution in [0.15, 0.2) is 35.4 Å². The quantitative estimate of drug-likeness (QED) is 0.567. The lowest BCUT2D eigenvalue weighted by molar-refractivity contribution is -0.120. The lowest BCUT2D eigenvalue weighted by Gasteiger charge is -1.93. The SMILES string of the molecule is N#CCC(=O)NN=Cc1ccccc1. The molecule has 0 bridgehead atoms. The first-order valence-corrected chi connectivity index (χ1v) is 4.07. The molecule has 4 nitrogen and oxygen atoms in total. The van der Waals surface area contributed by atoms with Gasteiger partial charge in [-0.15, -0.1) is 0 Å². The maximum Gasteiger partial charge on any atom is 0.254 e. The smallest absolute Gasteiger partial charge is 0.254 e. The summed E-state index contributed by atoms with van der Waals surface area (Å²) in [5, 5.41) is 11.9. The molecule has 1 aromatic carbocycles. The monoisotopic (exact) mass is 187 g/mol. The van der Waals surface area contributed by atoms with Gasteiger partial charge in [-0.1, -0.05) is 30.3 Å². The second-order valence-electron chi connectivity index (χ2n) is 2.54. The van der Waals surface area contributed by atoms with Crippen LogP contribution in [0.5, 0.6) is 0 Å². The molecule has 1 amide bonds. The number of rotatable bonds is 3. The Labute approximate surface area is 81.9 Å². The highest BCUT2D eigenvalue weighted by atomic mass is 16.2. The van der Waals surface area contributed by atoms with Gasteiger partial charge in [-0.2, -0.15) is 10.4 Å². The van der Waals surface area contributed by atoms with Crippen LogP contribution < -0.4 is 5.43 Å². The van der Waals surface area contributed by atoms with Gasteiger partial charge in [0.1, 0.15) is 6.42 Å². The van der Waals surface area contributed by atoms with Gasteiger partial charge >= 0.3 is 0 Å². The van der Waals surface area contributed by atoms with Crippen molar-refractivity contribution in [2.45, 2.75) is 6.42 Å². The van der Waals surface area contributed by atoms with Crippen LogP contribution in [-0.2, 0) is 4.79 Å². The molecule has 0 aliphatic carbocycles. The van der Waals surface area contributed by atoms with Crippen molar-refractivity contribution < 1.29 is 4.79 Å². The van der Waals surface area contributed by atoms with E-state index in [1.54, 1.807) is 6.07 Å². The molecule has 0 radical (unpaired) electrons. The third-order valence-electron chi connectivity index (χ3n) is 1.44. The molecule has 1 N–H and O–H groups in total. The molecule has 0 aromatic heterocycles. The van der Waals surface area contributed by atoms with Crippen LogP contribution in [0.2, 0.25) is 0 Å². The number of benzene rings is 1. The zero-order chi connectivity index (χ0) is 10.2. The summed E-state index contributed by atoms with van der Waals surface area (Å²) < 4.78 is 0. The molecule has 0 fully saturated rings. The zero-order valence-electron chi connectivity index (χ0n) is 7.47. The fraction of sp³-hybridized carbons (Fsp3) is 0.100. The minimum atomic E-state index is -0.403. The first-order valence-electron chi connectivity index (χ1n) is 4.07. The Morgan fingerprint density at radius 1 is 1.50 bits per heavy atom. The number of carbonyl (C=O) groups excluding carboxylic acids is 1. The number of nitrogens with one attached hydrogen (secondary N) is 1. The van der Waals surface area contributed by atoms with Crippen molar-refractivity contribution in [2.75, 3.05) is 0 Å². The van der Waals surface area contributed by atoms with Crippen molar-refractivity contribution in [1.82, 2.24) is 5.43 Å². The van der Waals surface area contributed by atoms with Gasteiger partial charge in [-0.05, 0) is 5.56 Å². The summed E-state index contributed by atoms with van der Waals surface area (Å²) in [6, 6.07) is 11.1. The average Bonchev–Trinajstić information content (AvgIpc) is 2.20. The molecule has 0 atom stereocenters. The zero-order valence-corrected chi connectivity index (χ0v) is 7.47. The second kappa shape index (κ2) is 5.49. The fourth-order valence-electron chi connectivity index (χ4n) is 0.829. The molecule has 0 spiro atoms. The maximum absolute atomic E-state index is 10.8. The Bertz CT molecular complexity index is 365. The summed E-state index contributed by atoms with van der Waals surface area (Å²) in [5.74, 6) is -0.403. The first kappa shape index (κ1) is 9.93. The summed E-state index contributed by atoms with van der Waals surface area (Å²) in [4.78, 5) is 10.8. The van der Waals surface area contributed by atoms with E-state index in [2.05, 4.69) is 10.5 Å². The van der Waals surface area contributed by atoms with Gasteiger partial charge in [-0.25, -0.2) is 5.43 Å². The number of hydrogen-bond acceptors (Lipinski definition) is 3. The number of amides is 1. The molecule has 1 aromatic rings. The fourth-order valence-corrected chi connectivity index (χ4v) is 0.829. The Morgan fingerprint density at radius 3 is 2.86 bits per heavy atom. The predicted molar refractivity (Wildman–Crippen MR) is 52.4 cm³/mol. The van der Waals surface area contributed by atoms with Crippen LogP contribution in [0.4, 0.5) is 0 Å². The highest BCUT2D eigenvalue weighted by Gasteiger charge is 1.94. The summed E-state index contributed by atoms with van der Waals surface area (Å²) in [6.07, 6.45) is 1.35. The average molecular weight is 187 g/mol. The van der Waals surface area contributed by atoms with Crippen molar-refractivity contribution in [3.05, 3.63) is 35.9 Å². The minimum Gasteiger partial charge on any atom is -0.272 e. The Morgan fingerprint density at radius 2 is 2.21 bits per heavy atom. The highest BCUT2D eigenvalue weighted by molar-refractivity contribution is 5.82. The van der Waals surface area contributed by atoms with Crippen molar-refractivity contribution in [1.29, 1.82) is 5.26 Å². The molecule has 70 valence electrons. The summed E-state index contributed by atoms with van der Waals surface area (Å²) in [6.45, 7) is 0. The first-order chi connectivity index (χ1) is 6.83. The summed E-state index contributed by atoms with van der Waals surface area (Å²) in [7, 11) is 0. The van der Waals surface area contributed by atoms with Gasteiger partial charge in [0.2, 0.25) is 0 Å². The number of hydrazone groups is 1. The van der Waals surface area contributed by atoms with Crippen molar-refractivity contribution in [3.8, 4) is 6.07 Å². The van der Waals surface area contributed by atoms with Crippen LogP contribution in [-0.4, -0.2) is 12.1 Å². The van der Waals surface area contributed by atoms with Crippen LogP contribution in [0.1, 0.15) is 12.0 Å². The molecule has 0 aliphatic heterocycles. The van der Waals surface area contributed by atoms with E-state index in [0.717, 1.165) is 5.56 Å². The Kier molecular flexibility index (Phi) is 3.89. The molecular formula is C10H9N3O. The topological polar surface area (TPSA) is 65.2 Å². The van der Waals surface area contributed by atoms with Crippen LogP contribution >= 0.6 is 0 Å². The van der Waals surface area contributed by atoms with Gasteiger partial charge in [0.15, 0.2) is 0 Å². The van der Waals surface area contributed by atoms with Gasteiger partial charge in [-0.3, -0.25) is 4.79 Å². The van der Waals surface area contributed by atoms with E-state index in [1.807, 2.05) is 30.3 Å². The molecule has 0 aliphatic rings. The van der Waals surface area contributed by atoms with Crippen molar-refractivity contribution in [2.24, 2.45) is 5.10 Å². The van der Waals surface area contributed by atoms with Crippen molar-refractivity contribution in [3.63, 3.8) is 0 Å². The van der Waals surface area contributed by atoms with E-state index in [1.165, 1.54) is 6.21 Å². The molecule has 4 heteroatoms. The lowest BCUT2D eigenvalue weighted by Crippen LogP contribution is -2.16. The lowest BCUT2D eigenvalue weighted by atomic mass is 10.2. The van der Waals surface area contributed by atoms with Gasteiger partial charge in [0, 0.05) is 0 Å². The number of carbonyl (C=O) groups is 1. The molecule has 0 saturated heterocycles. The minimum absolute atomic E-state index is 0.174. The number of nitrogens with zero attached hydrogens (tertiary/aromatic N) is 2. The summed E-state index contributed by atoms with van der Waals surface area (Å²) >= 11 is 0. The van der Waals surface area contributed by atoms with E-state index in [4.69, 9.17) is 5.26 Å². The molecule has 0 unspecified atom stereocenters. The third-order valence-corrected chi connectivity index (χ3v) is 1.44. The Hall–Kier alpha value is -2.15. The Balaban J connectivity index is 2.43. The predicted octanol–water partition coefficient (Wildman–Crippen LogP) is 1.05. The van der Waals surface area contributed by atoms with Crippen LogP contribution in [0, 0.1) is 11.3 Å². The number of nitriles is 1. The van der Waals surface area contributed by atoms with Crippen LogP contribution in [0.3, 0.4) is 0 Å². The third kappa shape index (κ3) is 3.50. The van der Waals surface area contributed by atoms with E-state index in [0.29, 0.717) is 0 Å². The van der Waals surface area contributed by atoms with E-state index in [9.17, 15) is 4.79 Å². The molecular weight excluding hydrogens is 178 g/mol. The molecule has 0 heterocycles. The summed E-state index contributed by atoms with van der Waals surface area (Å²) in [5.41, 5.74) is 3.13. The second-order valence-corrected chi connectivity index (χ2v) is 2.54. The van der Waals surface area contributed by atoms with Gasteiger partial charge in [0.05, 0.1) is 12.3 Å².